The van der Waals surface area contributed by atoms with E-state index in [2.05, 4.69) is 5.32 Å². The Morgan fingerprint density at radius 1 is 1.14 bits per heavy atom. The number of benzene rings is 2. The Balaban J connectivity index is 1.74. The highest BCUT2D eigenvalue weighted by atomic mass is 35.5. The van der Waals surface area contributed by atoms with Gasteiger partial charge in [-0.1, -0.05) is 61.0 Å². The van der Waals surface area contributed by atoms with E-state index in [4.69, 9.17) is 11.6 Å². The Bertz CT molecular complexity index is 901. The van der Waals surface area contributed by atoms with E-state index in [1.807, 2.05) is 54.3 Å². The fraction of sp³-hybridized carbons (Fsp3) is 0.381. The van der Waals surface area contributed by atoms with Gasteiger partial charge in [0, 0.05) is 11.1 Å². The topological polar surface area (TPSA) is 66.5 Å². The molecular formula is C21H25ClN2O3S. The lowest BCUT2D eigenvalue weighted by Gasteiger charge is -2.27. The number of rotatable bonds is 7. The summed E-state index contributed by atoms with van der Waals surface area (Å²) in [5, 5.41) is 3.75. The third kappa shape index (κ3) is 5.34. The average Bonchev–Trinajstić information content (AvgIpc) is 3.05. The van der Waals surface area contributed by atoms with Crippen LogP contribution in [0.2, 0.25) is 5.02 Å². The zero-order chi connectivity index (χ0) is 20.1. The molecule has 2 atom stereocenters. The number of carbonyl (C=O) groups is 1. The summed E-state index contributed by atoms with van der Waals surface area (Å²) in [4.78, 5) is 14.8. The van der Waals surface area contributed by atoms with E-state index in [1.54, 1.807) is 12.1 Å². The van der Waals surface area contributed by atoms with Crippen molar-refractivity contribution in [2.45, 2.75) is 25.4 Å². The zero-order valence-electron chi connectivity index (χ0n) is 15.8. The van der Waals surface area contributed by atoms with Crippen molar-refractivity contribution in [2.75, 3.05) is 24.6 Å². The Hall–Kier alpha value is -1.89. The molecule has 150 valence electrons. The van der Waals surface area contributed by atoms with Crippen molar-refractivity contribution in [3.05, 3.63) is 70.7 Å². The summed E-state index contributed by atoms with van der Waals surface area (Å²) in [7, 11) is -2.99. The average molecular weight is 421 g/mol. The third-order valence-electron chi connectivity index (χ3n) is 5.12. The lowest BCUT2D eigenvalue weighted by molar-refractivity contribution is -0.123. The molecule has 0 aliphatic carbocycles. The molecule has 0 aromatic heterocycles. The number of hydrogen-bond donors (Lipinski definition) is 1. The van der Waals surface area contributed by atoms with Crippen LogP contribution in [0.3, 0.4) is 0 Å². The maximum Gasteiger partial charge on any atom is 0.234 e. The predicted octanol–water partition coefficient (Wildman–Crippen LogP) is 3.05. The first-order valence-electron chi connectivity index (χ1n) is 9.42. The minimum Gasteiger partial charge on any atom is -0.344 e. The van der Waals surface area contributed by atoms with Gasteiger partial charge in [-0.2, -0.15) is 0 Å². The number of amides is 1. The predicted molar refractivity (Wildman–Crippen MR) is 112 cm³/mol. The summed E-state index contributed by atoms with van der Waals surface area (Å²) in [5.74, 6) is 0.204. The second-order valence-corrected chi connectivity index (χ2v) is 9.75. The lowest BCUT2D eigenvalue weighted by Crippen LogP contribution is -2.44. The fourth-order valence-corrected chi connectivity index (χ4v) is 5.50. The van der Waals surface area contributed by atoms with Gasteiger partial charge >= 0.3 is 0 Å². The molecule has 1 aliphatic rings. The molecular weight excluding hydrogens is 396 g/mol. The third-order valence-corrected chi connectivity index (χ3v) is 7.12. The molecule has 1 fully saturated rings. The summed E-state index contributed by atoms with van der Waals surface area (Å²) in [6.45, 7) is 2.75. The van der Waals surface area contributed by atoms with Crippen LogP contribution in [0.25, 0.3) is 0 Å². The van der Waals surface area contributed by atoms with Gasteiger partial charge in [-0.15, -0.1) is 0 Å². The van der Waals surface area contributed by atoms with Crippen molar-refractivity contribution in [3.8, 4) is 0 Å². The zero-order valence-corrected chi connectivity index (χ0v) is 17.4. The van der Waals surface area contributed by atoms with Gasteiger partial charge in [-0.25, -0.2) is 8.42 Å². The van der Waals surface area contributed by atoms with Gasteiger partial charge < -0.3 is 5.32 Å². The molecule has 0 bridgehead atoms. The normalized spacial score (nSPS) is 19.5. The van der Waals surface area contributed by atoms with E-state index in [0.29, 0.717) is 18.0 Å². The fourth-order valence-electron chi connectivity index (χ4n) is 3.61. The van der Waals surface area contributed by atoms with Gasteiger partial charge in [0.1, 0.15) is 0 Å². The van der Waals surface area contributed by atoms with Gasteiger partial charge in [0.05, 0.1) is 24.1 Å². The second kappa shape index (κ2) is 9.07. The molecule has 7 heteroatoms. The molecule has 2 aromatic carbocycles. The van der Waals surface area contributed by atoms with Crippen LogP contribution in [0.4, 0.5) is 0 Å². The van der Waals surface area contributed by atoms with Crippen molar-refractivity contribution in [2.24, 2.45) is 0 Å². The van der Waals surface area contributed by atoms with Gasteiger partial charge in [-0.05, 0) is 36.2 Å². The van der Waals surface area contributed by atoms with Crippen LogP contribution in [0.15, 0.2) is 54.6 Å². The Morgan fingerprint density at radius 3 is 2.36 bits per heavy atom. The van der Waals surface area contributed by atoms with Crippen LogP contribution in [-0.4, -0.2) is 49.9 Å². The molecule has 1 aliphatic heterocycles. The van der Waals surface area contributed by atoms with Crippen molar-refractivity contribution in [1.29, 1.82) is 0 Å². The van der Waals surface area contributed by atoms with Crippen molar-refractivity contribution in [1.82, 2.24) is 10.2 Å². The van der Waals surface area contributed by atoms with Gasteiger partial charge in [0.25, 0.3) is 0 Å². The molecule has 1 amide bonds. The first-order chi connectivity index (χ1) is 13.4. The Labute approximate surface area is 171 Å². The van der Waals surface area contributed by atoms with Crippen LogP contribution in [0.5, 0.6) is 0 Å². The van der Waals surface area contributed by atoms with E-state index in [-0.39, 0.29) is 36.0 Å². The highest BCUT2D eigenvalue weighted by Crippen LogP contribution is 2.24. The van der Waals surface area contributed by atoms with Crippen molar-refractivity contribution in [3.63, 3.8) is 0 Å². The molecule has 5 nitrogen and oxygen atoms in total. The maximum atomic E-state index is 12.8. The van der Waals surface area contributed by atoms with Crippen LogP contribution in [-0.2, 0) is 14.6 Å². The molecule has 2 aromatic rings. The first kappa shape index (κ1) is 20.8. The summed E-state index contributed by atoms with van der Waals surface area (Å²) >= 11 is 6.01. The lowest BCUT2D eigenvalue weighted by atomic mass is 9.98. The van der Waals surface area contributed by atoms with E-state index in [9.17, 15) is 13.2 Å². The molecule has 2 unspecified atom stereocenters. The van der Waals surface area contributed by atoms with Crippen LogP contribution in [0, 0.1) is 0 Å². The summed E-state index contributed by atoms with van der Waals surface area (Å²) < 4.78 is 23.6. The number of sulfone groups is 1. The minimum absolute atomic E-state index is 0.0912. The van der Waals surface area contributed by atoms with Gasteiger partial charge in [0.15, 0.2) is 9.84 Å². The molecule has 1 saturated heterocycles. The largest absolute Gasteiger partial charge is 0.344 e. The summed E-state index contributed by atoms with van der Waals surface area (Å²) in [5.41, 5.74) is 1.92. The molecule has 0 spiro atoms. The smallest absolute Gasteiger partial charge is 0.234 e. The quantitative estimate of drug-likeness (QED) is 0.747. The maximum absolute atomic E-state index is 12.8. The summed E-state index contributed by atoms with van der Waals surface area (Å²) in [6.07, 6.45) is 0.586. The molecule has 1 heterocycles. The van der Waals surface area contributed by atoms with Crippen LogP contribution in [0.1, 0.15) is 30.5 Å². The Kier molecular flexibility index (Phi) is 6.75. The van der Waals surface area contributed by atoms with Gasteiger partial charge in [-0.3, -0.25) is 9.69 Å². The SMILES string of the molecule is CCN(CC(=O)NC(c1ccccc1)c1ccc(Cl)cc1)C1CCS(=O)(=O)C1. The molecule has 0 saturated carbocycles. The van der Waals surface area contributed by atoms with Gasteiger partial charge in [0.2, 0.25) is 5.91 Å². The first-order valence-corrected chi connectivity index (χ1v) is 11.6. The number of nitrogens with zero attached hydrogens (tertiary/aromatic N) is 1. The van der Waals surface area contributed by atoms with E-state index in [0.717, 1.165) is 11.1 Å². The monoisotopic (exact) mass is 420 g/mol. The van der Waals surface area contributed by atoms with Crippen molar-refractivity contribution < 1.29 is 13.2 Å². The van der Waals surface area contributed by atoms with Crippen LogP contribution >= 0.6 is 11.6 Å². The number of carbonyl (C=O) groups excluding carboxylic acids is 1. The molecule has 3 rings (SSSR count). The minimum atomic E-state index is -2.99. The number of halogens is 1. The number of hydrogen-bond acceptors (Lipinski definition) is 4. The highest BCUT2D eigenvalue weighted by Gasteiger charge is 2.32. The molecule has 1 N–H and O–H groups in total. The highest BCUT2D eigenvalue weighted by molar-refractivity contribution is 7.91. The second-order valence-electron chi connectivity index (χ2n) is 7.08. The van der Waals surface area contributed by atoms with E-state index < -0.39 is 9.84 Å². The molecule has 0 radical (unpaired) electrons. The number of nitrogens with one attached hydrogen (secondary N) is 1. The molecule has 28 heavy (non-hydrogen) atoms. The Morgan fingerprint density at radius 2 is 1.79 bits per heavy atom. The standard InChI is InChI=1S/C21H25ClN2O3S/c1-2-24(19-12-13-28(26,27)15-19)14-20(25)23-21(16-6-4-3-5-7-16)17-8-10-18(22)11-9-17/h3-11,19,21H,2,12-15H2,1H3,(H,23,25). The van der Waals surface area contributed by atoms with Crippen molar-refractivity contribution >= 4 is 27.3 Å². The van der Waals surface area contributed by atoms with E-state index in [1.165, 1.54) is 0 Å². The number of likely N-dealkylation sites (N-methyl/N-ethyl adjacent to an activating group) is 1. The van der Waals surface area contributed by atoms with Crippen LogP contribution < -0.4 is 5.32 Å². The summed E-state index contributed by atoms with van der Waals surface area (Å²) in [6, 6.07) is 16.8. The van der Waals surface area contributed by atoms with E-state index >= 15 is 0 Å².